The number of hydrogen-bond acceptors (Lipinski definition) is 3. The van der Waals surface area contributed by atoms with Crippen LogP contribution < -0.4 is 11.1 Å². The van der Waals surface area contributed by atoms with Gasteiger partial charge in [0.25, 0.3) is 0 Å². The summed E-state index contributed by atoms with van der Waals surface area (Å²) in [5.74, 6) is -0.364. The van der Waals surface area contributed by atoms with Crippen molar-refractivity contribution in [2.45, 2.75) is 25.4 Å². The van der Waals surface area contributed by atoms with Gasteiger partial charge in [0.2, 0.25) is 5.91 Å². The van der Waals surface area contributed by atoms with Crippen molar-refractivity contribution in [2.75, 3.05) is 20.1 Å². The number of amides is 1. The first kappa shape index (κ1) is 13.1. The Morgan fingerprint density at radius 1 is 1.56 bits per heavy atom. The van der Waals surface area contributed by atoms with Gasteiger partial charge in [-0.3, -0.25) is 4.79 Å². The molecule has 98 valence electrons. The molecule has 0 spiro atoms. The van der Waals surface area contributed by atoms with Gasteiger partial charge in [0.05, 0.1) is 0 Å². The van der Waals surface area contributed by atoms with Crippen LogP contribution in [-0.4, -0.2) is 37.0 Å². The van der Waals surface area contributed by atoms with Crippen LogP contribution >= 0.6 is 0 Å². The SMILES string of the molecule is CN(Cc1cccc(C(N)=O)c1)CC1CCCN1. The van der Waals surface area contributed by atoms with Crippen molar-refractivity contribution < 1.29 is 4.79 Å². The number of rotatable bonds is 5. The average Bonchev–Trinajstić information content (AvgIpc) is 2.82. The van der Waals surface area contributed by atoms with E-state index in [2.05, 4.69) is 17.3 Å². The van der Waals surface area contributed by atoms with Crippen LogP contribution in [0.1, 0.15) is 28.8 Å². The van der Waals surface area contributed by atoms with Crippen LogP contribution in [-0.2, 0) is 6.54 Å². The Bertz CT molecular complexity index is 413. The highest BCUT2D eigenvalue weighted by atomic mass is 16.1. The number of likely N-dealkylation sites (N-methyl/N-ethyl adjacent to an activating group) is 1. The fraction of sp³-hybridized carbons (Fsp3) is 0.500. The lowest BCUT2D eigenvalue weighted by Gasteiger charge is -2.21. The predicted molar refractivity (Wildman–Crippen MR) is 72.3 cm³/mol. The van der Waals surface area contributed by atoms with E-state index in [9.17, 15) is 4.79 Å². The lowest BCUT2D eigenvalue weighted by atomic mass is 10.1. The smallest absolute Gasteiger partial charge is 0.248 e. The van der Waals surface area contributed by atoms with E-state index >= 15 is 0 Å². The third-order valence-corrected chi connectivity index (χ3v) is 3.36. The highest BCUT2D eigenvalue weighted by Gasteiger charge is 2.15. The summed E-state index contributed by atoms with van der Waals surface area (Å²) in [4.78, 5) is 13.4. The van der Waals surface area contributed by atoms with Gasteiger partial charge in [-0.2, -0.15) is 0 Å². The first-order valence-corrected chi connectivity index (χ1v) is 6.46. The van der Waals surface area contributed by atoms with Gasteiger partial charge in [-0.15, -0.1) is 0 Å². The van der Waals surface area contributed by atoms with Crippen LogP contribution in [0.25, 0.3) is 0 Å². The van der Waals surface area contributed by atoms with Gasteiger partial charge < -0.3 is 16.0 Å². The molecule has 0 bridgehead atoms. The maximum absolute atomic E-state index is 11.1. The number of benzene rings is 1. The molecule has 2 rings (SSSR count). The van der Waals surface area contributed by atoms with Crippen LogP contribution in [0, 0.1) is 0 Å². The summed E-state index contributed by atoms with van der Waals surface area (Å²) in [5, 5.41) is 3.49. The molecule has 1 aromatic rings. The summed E-state index contributed by atoms with van der Waals surface area (Å²) in [6.45, 7) is 3.02. The van der Waals surface area contributed by atoms with Crippen molar-refractivity contribution in [2.24, 2.45) is 5.73 Å². The molecule has 0 saturated carbocycles. The van der Waals surface area contributed by atoms with Crippen molar-refractivity contribution in [3.63, 3.8) is 0 Å². The minimum atomic E-state index is -0.364. The van der Waals surface area contributed by atoms with E-state index in [0.717, 1.165) is 25.2 Å². The molecule has 0 radical (unpaired) electrons. The Morgan fingerprint density at radius 3 is 3.06 bits per heavy atom. The van der Waals surface area contributed by atoms with Gasteiger partial charge >= 0.3 is 0 Å². The topological polar surface area (TPSA) is 58.4 Å². The van der Waals surface area contributed by atoms with E-state index in [1.54, 1.807) is 6.07 Å². The van der Waals surface area contributed by atoms with E-state index < -0.39 is 0 Å². The molecule has 1 fully saturated rings. The van der Waals surface area contributed by atoms with Crippen molar-refractivity contribution in [3.8, 4) is 0 Å². The normalized spacial score (nSPS) is 19.3. The number of nitrogens with zero attached hydrogens (tertiary/aromatic N) is 1. The zero-order valence-corrected chi connectivity index (χ0v) is 10.9. The number of carbonyl (C=O) groups excluding carboxylic acids is 1. The van der Waals surface area contributed by atoms with Crippen LogP contribution in [0.5, 0.6) is 0 Å². The van der Waals surface area contributed by atoms with Crippen molar-refractivity contribution >= 4 is 5.91 Å². The number of nitrogens with one attached hydrogen (secondary N) is 1. The molecule has 3 N–H and O–H groups in total. The summed E-state index contributed by atoms with van der Waals surface area (Å²) < 4.78 is 0. The average molecular weight is 247 g/mol. The van der Waals surface area contributed by atoms with E-state index in [1.165, 1.54) is 12.8 Å². The molecule has 1 aromatic carbocycles. The van der Waals surface area contributed by atoms with Crippen LogP contribution in [0.4, 0.5) is 0 Å². The zero-order valence-electron chi connectivity index (χ0n) is 10.9. The first-order chi connectivity index (χ1) is 8.65. The Balaban J connectivity index is 1.91. The third-order valence-electron chi connectivity index (χ3n) is 3.36. The lowest BCUT2D eigenvalue weighted by Crippen LogP contribution is -2.34. The Hall–Kier alpha value is -1.39. The predicted octanol–water partition coefficient (Wildman–Crippen LogP) is 0.969. The second kappa shape index (κ2) is 5.98. The largest absolute Gasteiger partial charge is 0.366 e. The molecule has 1 unspecified atom stereocenters. The van der Waals surface area contributed by atoms with Crippen LogP contribution in [0.2, 0.25) is 0 Å². The Labute approximate surface area is 108 Å². The highest BCUT2D eigenvalue weighted by molar-refractivity contribution is 5.92. The van der Waals surface area contributed by atoms with Gasteiger partial charge in [-0.25, -0.2) is 0 Å². The maximum atomic E-state index is 11.1. The zero-order chi connectivity index (χ0) is 13.0. The molecule has 18 heavy (non-hydrogen) atoms. The lowest BCUT2D eigenvalue weighted by molar-refractivity contribution is 0.1000. The molecule has 1 saturated heterocycles. The van der Waals surface area contributed by atoms with Crippen LogP contribution in [0.3, 0.4) is 0 Å². The third kappa shape index (κ3) is 3.55. The van der Waals surface area contributed by atoms with E-state index in [1.807, 2.05) is 18.2 Å². The van der Waals surface area contributed by atoms with E-state index in [4.69, 9.17) is 5.73 Å². The number of primary amides is 1. The minimum Gasteiger partial charge on any atom is -0.366 e. The molecule has 1 atom stereocenters. The molecule has 4 heteroatoms. The monoisotopic (exact) mass is 247 g/mol. The summed E-state index contributed by atoms with van der Waals surface area (Å²) in [6, 6.07) is 8.15. The molecule has 0 aliphatic carbocycles. The summed E-state index contributed by atoms with van der Waals surface area (Å²) in [7, 11) is 2.11. The molecule has 4 nitrogen and oxygen atoms in total. The molecular formula is C14H21N3O. The Kier molecular flexibility index (Phi) is 4.33. The fourth-order valence-corrected chi connectivity index (χ4v) is 2.49. The van der Waals surface area contributed by atoms with Gasteiger partial charge in [-0.1, -0.05) is 12.1 Å². The molecule has 0 aromatic heterocycles. The van der Waals surface area contributed by atoms with Crippen molar-refractivity contribution in [3.05, 3.63) is 35.4 Å². The Morgan fingerprint density at radius 2 is 2.39 bits per heavy atom. The molecular weight excluding hydrogens is 226 g/mol. The minimum absolute atomic E-state index is 0.364. The fourth-order valence-electron chi connectivity index (χ4n) is 2.49. The maximum Gasteiger partial charge on any atom is 0.248 e. The number of nitrogens with two attached hydrogens (primary N) is 1. The molecule has 1 heterocycles. The second-order valence-corrected chi connectivity index (χ2v) is 5.05. The van der Waals surface area contributed by atoms with Gasteiger partial charge in [0, 0.05) is 24.7 Å². The number of carbonyl (C=O) groups is 1. The molecule has 1 aliphatic rings. The summed E-state index contributed by atoms with van der Waals surface area (Å²) in [5.41, 5.74) is 7.00. The molecule has 1 aliphatic heterocycles. The summed E-state index contributed by atoms with van der Waals surface area (Å²) in [6.07, 6.45) is 2.53. The second-order valence-electron chi connectivity index (χ2n) is 5.05. The quantitative estimate of drug-likeness (QED) is 0.815. The summed E-state index contributed by atoms with van der Waals surface area (Å²) >= 11 is 0. The standard InChI is InChI=1S/C14H21N3O/c1-17(10-13-6-3-7-16-13)9-11-4-2-5-12(8-11)14(15)18/h2,4-5,8,13,16H,3,6-7,9-10H2,1H3,(H2,15,18). The van der Waals surface area contributed by atoms with Crippen molar-refractivity contribution in [1.82, 2.24) is 10.2 Å². The van der Waals surface area contributed by atoms with Gasteiger partial charge in [0.1, 0.15) is 0 Å². The first-order valence-electron chi connectivity index (χ1n) is 6.46. The van der Waals surface area contributed by atoms with Gasteiger partial charge in [0.15, 0.2) is 0 Å². The van der Waals surface area contributed by atoms with Crippen LogP contribution in [0.15, 0.2) is 24.3 Å². The molecule has 1 amide bonds. The highest BCUT2D eigenvalue weighted by Crippen LogP contribution is 2.10. The van der Waals surface area contributed by atoms with Gasteiger partial charge in [-0.05, 0) is 44.1 Å². The van der Waals surface area contributed by atoms with Crippen molar-refractivity contribution in [1.29, 1.82) is 0 Å². The van der Waals surface area contributed by atoms with E-state index in [-0.39, 0.29) is 5.91 Å². The number of hydrogen-bond donors (Lipinski definition) is 2. The van der Waals surface area contributed by atoms with E-state index in [0.29, 0.717) is 11.6 Å².